The molecule has 0 fully saturated rings. The molecule has 0 aliphatic heterocycles. The molecule has 0 atom stereocenters. The molecule has 0 bridgehead atoms. The number of rotatable bonds is 6. The van der Waals surface area contributed by atoms with Crippen LogP contribution in [0.4, 0.5) is 0 Å². The molecule has 27 heavy (non-hydrogen) atoms. The fourth-order valence-corrected chi connectivity index (χ4v) is 3.32. The standard InChI is InChI=1S/C21H18N2O3S/c1-3-26-17-7-5-15(6-8-17)18-13-27-21(23-18)16(12-22)10-14-4-9-20(25-2)19(24)11-14/h4-11,13,24H,3H2,1-2H3. The van der Waals surface area contributed by atoms with Crippen molar-refractivity contribution in [3.63, 3.8) is 0 Å². The number of nitriles is 1. The van der Waals surface area contributed by atoms with Crippen LogP contribution < -0.4 is 9.47 Å². The summed E-state index contributed by atoms with van der Waals surface area (Å²) in [6, 6.07) is 14.9. The molecular weight excluding hydrogens is 360 g/mol. The second kappa shape index (κ2) is 8.39. The lowest BCUT2D eigenvalue weighted by Crippen LogP contribution is -1.90. The van der Waals surface area contributed by atoms with Crippen molar-refractivity contribution in [1.82, 2.24) is 4.98 Å². The van der Waals surface area contributed by atoms with E-state index in [9.17, 15) is 10.4 Å². The first-order valence-electron chi connectivity index (χ1n) is 8.32. The van der Waals surface area contributed by atoms with Crippen LogP contribution in [0.5, 0.6) is 17.2 Å². The van der Waals surface area contributed by atoms with Gasteiger partial charge in [0.15, 0.2) is 11.5 Å². The van der Waals surface area contributed by atoms with Crippen LogP contribution >= 0.6 is 11.3 Å². The Morgan fingerprint density at radius 2 is 2.04 bits per heavy atom. The number of methoxy groups -OCH3 is 1. The summed E-state index contributed by atoms with van der Waals surface area (Å²) in [5, 5.41) is 22.0. The third-order valence-corrected chi connectivity index (χ3v) is 4.71. The first-order chi connectivity index (χ1) is 13.1. The third-order valence-electron chi connectivity index (χ3n) is 3.83. The van der Waals surface area contributed by atoms with Crippen molar-refractivity contribution < 1.29 is 14.6 Å². The molecule has 0 saturated heterocycles. The molecule has 2 aromatic carbocycles. The first kappa shape index (κ1) is 18.5. The number of phenolic OH excluding ortho intramolecular Hbond substituents is 1. The number of aromatic hydroxyl groups is 1. The molecule has 1 N–H and O–H groups in total. The largest absolute Gasteiger partial charge is 0.504 e. The van der Waals surface area contributed by atoms with Gasteiger partial charge in [-0.15, -0.1) is 11.3 Å². The molecule has 0 aliphatic rings. The zero-order valence-corrected chi connectivity index (χ0v) is 15.8. The molecule has 5 nitrogen and oxygen atoms in total. The van der Waals surface area contributed by atoms with Crippen molar-refractivity contribution in [2.75, 3.05) is 13.7 Å². The van der Waals surface area contributed by atoms with Gasteiger partial charge in [0.1, 0.15) is 16.8 Å². The van der Waals surface area contributed by atoms with E-state index in [0.717, 1.165) is 17.0 Å². The lowest BCUT2D eigenvalue weighted by Gasteiger charge is -2.04. The van der Waals surface area contributed by atoms with Gasteiger partial charge in [-0.2, -0.15) is 5.26 Å². The fourth-order valence-electron chi connectivity index (χ4n) is 2.52. The van der Waals surface area contributed by atoms with Crippen LogP contribution in [0.2, 0.25) is 0 Å². The van der Waals surface area contributed by atoms with Crippen LogP contribution in [0.25, 0.3) is 22.9 Å². The van der Waals surface area contributed by atoms with Crippen LogP contribution in [-0.2, 0) is 0 Å². The summed E-state index contributed by atoms with van der Waals surface area (Å²) in [5.74, 6) is 1.23. The van der Waals surface area contributed by atoms with E-state index in [2.05, 4.69) is 11.1 Å². The Morgan fingerprint density at radius 3 is 2.67 bits per heavy atom. The van der Waals surface area contributed by atoms with E-state index in [1.54, 1.807) is 24.3 Å². The second-order valence-electron chi connectivity index (χ2n) is 5.60. The molecule has 0 spiro atoms. The Balaban J connectivity index is 1.87. The van der Waals surface area contributed by atoms with Gasteiger partial charge in [-0.25, -0.2) is 4.98 Å². The lowest BCUT2D eigenvalue weighted by molar-refractivity contribution is 0.340. The average Bonchev–Trinajstić information content (AvgIpc) is 3.17. The van der Waals surface area contributed by atoms with E-state index in [1.165, 1.54) is 18.4 Å². The maximum atomic E-state index is 9.90. The van der Waals surface area contributed by atoms with Crippen molar-refractivity contribution in [3.8, 4) is 34.6 Å². The van der Waals surface area contributed by atoms with Gasteiger partial charge in [0, 0.05) is 10.9 Å². The van der Waals surface area contributed by atoms with E-state index in [-0.39, 0.29) is 5.75 Å². The highest BCUT2D eigenvalue weighted by Crippen LogP contribution is 2.30. The summed E-state index contributed by atoms with van der Waals surface area (Å²) in [4.78, 5) is 4.58. The van der Waals surface area contributed by atoms with Gasteiger partial charge < -0.3 is 14.6 Å². The Hall–Kier alpha value is -3.30. The van der Waals surface area contributed by atoms with E-state index in [4.69, 9.17) is 9.47 Å². The van der Waals surface area contributed by atoms with E-state index in [0.29, 0.717) is 28.5 Å². The fraction of sp³-hybridized carbons (Fsp3) is 0.143. The number of phenols is 1. The molecule has 0 saturated carbocycles. The maximum absolute atomic E-state index is 9.90. The highest BCUT2D eigenvalue weighted by atomic mass is 32.1. The number of ether oxygens (including phenoxy) is 2. The maximum Gasteiger partial charge on any atom is 0.160 e. The minimum atomic E-state index is 0.0257. The van der Waals surface area contributed by atoms with Crippen molar-refractivity contribution in [2.24, 2.45) is 0 Å². The second-order valence-corrected chi connectivity index (χ2v) is 6.45. The van der Waals surface area contributed by atoms with Crippen molar-refractivity contribution in [2.45, 2.75) is 6.92 Å². The minimum Gasteiger partial charge on any atom is -0.504 e. The van der Waals surface area contributed by atoms with Gasteiger partial charge in [0.05, 0.1) is 25.0 Å². The monoisotopic (exact) mass is 378 g/mol. The summed E-state index contributed by atoms with van der Waals surface area (Å²) in [5.41, 5.74) is 2.89. The summed E-state index contributed by atoms with van der Waals surface area (Å²) in [6.07, 6.45) is 1.69. The summed E-state index contributed by atoms with van der Waals surface area (Å²) >= 11 is 1.40. The SMILES string of the molecule is CCOc1ccc(-c2csc(C(C#N)=Cc3ccc(OC)c(O)c3)n2)cc1. The Bertz CT molecular complexity index is 1000. The first-order valence-corrected chi connectivity index (χ1v) is 9.20. The molecule has 3 rings (SSSR count). The van der Waals surface area contributed by atoms with Crippen molar-refractivity contribution in [1.29, 1.82) is 5.26 Å². The van der Waals surface area contributed by atoms with Gasteiger partial charge in [-0.3, -0.25) is 0 Å². The van der Waals surface area contributed by atoms with Crippen molar-refractivity contribution >= 4 is 23.0 Å². The van der Waals surface area contributed by atoms with Crippen molar-refractivity contribution in [3.05, 3.63) is 58.4 Å². The predicted molar refractivity (Wildman–Crippen MR) is 107 cm³/mol. The average molecular weight is 378 g/mol. The zero-order chi connectivity index (χ0) is 19.2. The van der Waals surface area contributed by atoms with E-state index >= 15 is 0 Å². The number of hydrogen-bond acceptors (Lipinski definition) is 6. The molecular formula is C21H18N2O3S. The van der Waals surface area contributed by atoms with Gasteiger partial charge >= 0.3 is 0 Å². The van der Waals surface area contributed by atoms with Gasteiger partial charge in [0.2, 0.25) is 0 Å². The zero-order valence-electron chi connectivity index (χ0n) is 15.0. The Kier molecular flexibility index (Phi) is 5.74. The van der Waals surface area contributed by atoms with E-state index < -0.39 is 0 Å². The van der Waals surface area contributed by atoms with Crippen LogP contribution in [0.1, 0.15) is 17.5 Å². The number of aromatic nitrogens is 1. The minimum absolute atomic E-state index is 0.0257. The number of thiazole rings is 1. The summed E-state index contributed by atoms with van der Waals surface area (Å²) in [6.45, 7) is 2.57. The molecule has 136 valence electrons. The quantitative estimate of drug-likeness (QED) is 0.612. The van der Waals surface area contributed by atoms with Crippen LogP contribution in [0, 0.1) is 11.3 Å². The number of nitrogens with zero attached hydrogens (tertiary/aromatic N) is 2. The lowest BCUT2D eigenvalue weighted by atomic mass is 10.1. The summed E-state index contributed by atoms with van der Waals surface area (Å²) in [7, 11) is 1.49. The summed E-state index contributed by atoms with van der Waals surface area (Å²) < 4.78 is 10.5. The molecule has 1 aromatic heterocycles. The molecule has 6 heteroatoms. The Labute approximate surface area is 161 Å². The molecule has 0 aliphatic carbocycles. The predicted octanol–water partition coefficient (Wildman–Crippen LogP) is 4.99. The van der Waals surface area contributed by atoms with Gasteiger partial charge in [-0.05, 0) is 55.0 Å². The third kappa shape index (κ3) is 4.27. The number of benzene rings is 2. The molecule has 0 unspecified atom stereocenters. The molecule has 0 amide bonds. The van der Waals surface area contributed by atoms with Gasteiger partial charge in [0.25, 0.3) is 0 Å². The Morgan fingerprint density at radius 1 is 1.26 bits per heavy atom. The van der Waals surface area contributed by atoms with Gasteiger partial charge in [-0.1, -0.05) is 6.07 Å². The topological polar surface area (TPSA) is 75.4 Å². The highest BCUT2D eigenvalue weighted by Gasteiger charge is 2.10. The number of allylic oxidation sites excluding steroid dienone is 1. The van der Waals surface area contributed by atoms with Crippen LogP contribution in [-0.4, -0.2) is 23.8 Å². The normalized spacial score (nSPS) is 11.1. The van der Waals surface area contributed by atoms with Crippen LogP contribution in [0.3, 0.4) is 0 Å². The van der Waals surface area contributed by atoms with Crippen LogP contribution in [0.15, 0.2) is 47.8 Å². The molecule has 1 heterocycles. The highest BCUT2D eigenvalue weighted by molar-refractivity contribution is 7.11. The number of hydrogen-bond donors (Lipinski definition) is 1. The molecule has 0 radical (unpaired) electrons. The van der Waals surface area contributed by atoms with E-state index in [1.807, 2.05) is 36.6 Å². The molecule has 3 aromatic rings. The smallest absolute Gasteiger partial charge is 0.160 e.